The maximum atomic E-state index is 13.3. The molecule has 2 aromatic rings. The van der Waals surface area contributed by atoms with Crippen molar-refractivity contribution >= 4 is 10.0 Å². The fourth-order valence-electron chi connectivity index (χ4n) is 4.47. The molecule has 3 atom stereocenters. The molecule has 2 saturated heterocycles. The number of hydrogen-bond acceptors (Lipinski definition) is 4. The summed E-state index contributed by atoms with van der Waals surface area (Å²) >= 11 is 0. The highest BCUT2D eigenvalue weighted by Gasteiger charge is 2.48. The molecule has 1 N–H and O–H groups in total. The molecule has 140 valence electrons. The lowest BCUT2D eigenvalue weighted by molar-refractivity contribution is 0.0950. The quantitative estimate of drug-likeness (QED) is 0.891. The molecule has 1 aromatic carbocycles. The number of para-hydroxylation sites is 1. The Bertz CT molecular complexity index is 888. The highest BCUT2D eigenvalue weighted by Crippen LogP contribution is 2.41. The molecule has 0 spiro atoms. The summed E-state index contributed by atoms with van der Waals surface area (Å²) in [5, 5.41) is 6.87. The minimum Gasteiger partial charge on any atom is -0.490 e. The molecule has 0 aliphatic carbocycles. The van der Waals surface area contributed by atoms with Crippen molar-refractivity contribution in [2.24, 2.45) is 0 Å². The molecule has 0 unspecified atom stereocenters. The molecule has 7 heteroatoms. The first-order chi connectivity index (χ1) is 12.4. The largest absolute Gasteiger partial charge is 0.490 e. The number of nitrogens with one attached hydrogen (secondary N) is 1. The second-order valence-electron chi connectivity index (χ2n) is 7.46. The molecule has 4 rings (SSSR count). The Hall–Kier alpha value is -1.86. The van der Waals surface area contributed by atoms with Gasteiger partial charge in [0.25, 0.3) is 0 Å². The van der Waals surface area contributed by atoms with E-state index in [2.05, 4.69) is 10.2 Å². The van der Waals surface area contributed by atoms with Crippen LogP contribution >= 0.6 is 0 Å². The van der Waals surface area contributed by atoms with Crippen LogP contribution in [0.3, 0.4) is 0 Å². The van der Waals surface area contributed by atoms with Gasteiger partial charge in [0, 0.05) is 24.9 Å². The van der Waals surface area contributed by atoms with Gasteiger partial charge in [-0.15, -0.1) is 0 Å². The molecule has 26 heavy (non-hydrogen) atoms. The number of benzene rings is 1. The molecule has 1 aromatic heterocycles. The van der Waals surface area contributed by atoms with Crippen LogP contribution in [0.5, 0.6) is 5.75 Å². The summed E-state index contributed by atoms with van der Waals surface area (Å²) in [4.78, 5) is 0.340. The number of rotatable bonds is 4. The molecule has 3 heterocycles. The fraction of sp³-hybridized carbons (Fsp3) is 0.526. The van der Waals surface area contributed by atoms with Gasteiger partial charge in [0.05, 0.1) is 11.4 Å². The van der Waals surface area contributed by atoms with Crippen LogP contribution in [0, 0.1) is 20.8 Å². The smallest absolute Gasteiger partial charge is 0.247 e. The molecule has 2 aliphatic rings. The van der Waals surface area contributed by atoms with Crippen molar-refractivity contribution in [2.75, 3.05) is 0 Å². The van der Waals surface area contributed by atoms with E-state index in [1.165, 1.54) is 0 Å². The van der Waals surface area contributed by atoms with Crippen molar-refractivity contribution in [1.82, 2.24) is 14.5 Å². The number of ether oxygens (including phenoxy) is 1. The number of H-pyrrole nitrogens is 1. The lowest BCUT2D eigenvalue weighted by atomic mass is 10.0. The van der Waals surface area contributed by atoms with Crippen LogP contribution in [0.25, 0.3) is 0 Å². The van der Waals surface area contributed by atoms with Crippen LogP contribution in [0.4, 0.5) is 0 Å². The second kappa shape index (κ2) is 6.39. The minimum absolute atomic E-state index is 0.00136. The first kappa shape index (κ1) is 17.5. The van der Waals surface area contributed by atoms with Crippen molar-refractivity contribution in [3.8, 4) is 5.75 Å². The number of sulfonamides is 1. The number of nitrogens with zero attached hydrogens (tertiary/aromatic N) is 2. The molecular weight excluding hydrogens is 350 g/mol. The normalized spacial score (nSPS) is 26.2. The summed E-state index contributed by atoms with van der Waals surface area (Å²) in [5.41, 5.74) is 2.26. The number of hydrogen-bond donors (Lipinski definition) is 1. The molecule has 0 saturated carbocycles. The van der Waals surface area contributed by atoms with Crippen molar-refractivity contribution in [3.05, 3.63) is 41.2 Å². The Morgan fingerprint density at radius 3 is 2.35 bits per heavy atom. The van der Waals surface area contributed by atoms with Crippen LogP contribution < -0.4 is 4.74 Å². The molecule has 0 amide bonds. The maximum Gasteiger partial charge on any atom is 0.247 e. The third kappa shape index (κ3) is 2.83. The van der Waals surface area contributed by atoms with E-state index in [0.717, 1.165) is 37.0 Å². The van der Waals surface area contributed by atoms with E-state index < -0.39 is 10.0 Å². The van der Waals surface area contributed by atoms with E-state index in [-0.39, 0.29) is 18.2 Å². The van der Waals surface area contributed by atoms with Crippen LogP contribution in [0.15, 0.2) is 29.2 Å². The number of piperidine rings is 1. The first-order valence-corrected chi connectivity index (χ1v) is 10.6. The monoisotopic (exact) mass is 375 g/mol. The minimum atomic E-state index is -3.54. The standard InChI is InChI=1S/C19H25N3O3S/c1-12-6-4-5-7-18(12)25-17-10-15-8-9-16(11-17)22(15)26(23,24)19-13(2)20-21-14(19)3/h4-7,15-17H,8-11H2,1-3H3,(H,20,21)/t15-,16+,17-. The van der Waals surface area contributed by atoms with Crippen molar-refractivity contribution in [2.45, 2.75) is 69.5 Å². The van der Waals surface area contributed by atoms with Gasteiger partial charge in [0.2, 0.25) is 10.0 Å². The van der Waals surface area contributed by atoms with E-state index >= 15 is 0 Å². The van der Waals surface area contributed by atoms with Crippen LogP contribution in [-0.4, -0.2) is 41.1 Å². The Balaban J connectivity index is 1.57. The first-order valence-electron chi connectivity index (χ1n) is 9.15. The molecular formula is C19H25N3O3S. The number of aryl methyl sites for hydroxylation is 3. The molecule has 6 nitrogen and oxygen atoms in total. The zero-order valence-electron chi connectivity index (χ0n) is 15.4. The lowest BCUT2D eigenvalue weighted by Gasteiger charge is -2.38. The van der Waals surface area contributed by atoms with Gasteiger partial charge in [-0.05, 0) is 45.2 Å². The Morgan fingerprint density at radius 1 is 1.12 bits per heavy atom. The van der Waals surface area contributed by atoms with E-state index in [1.54, 1.807) is 18.2 Å². The SMILES string of the molecule is Cc1ccccc1O[C@@H]1C[C@H]2CC[C@@H](C1)N2S(=O)(=O)c1c(C)n[nH]c1C. The third-order valence-corrected chi connectivity index (χ3v) is 7.87. The third-order valence-electron chi connectivity index (χ3n) is 5.61. The van der Waals surface area contributed by atoms with Gasteiger partial charge >= 0.3 is 0 Å². The van der Waals surface area contributed by atoms with Crippen LogP contribution in [0.1, 0.15) is 42.6 Å². The maximum absolute atomic E-state index is 13.3. The van der Waals surface area contributed by atoms with Crippen molar-refractivity contribution in [1.29, 1.82) is 0 Å². The van der Waals surface area contributed by atoms with E-state index in [9.17, 15) is 8.42 Å². The van der Waals surface area contributed by atoms with Crippen molar-refractivity contribution in [3.63, 3.8) is 0 Å². The topological polar surface area (TPSA) is 75.3 Å². The average Bonchev–Trinajstić information content (AvgIpc) is 3.07. The zero-order valence-corrected chi connectivity index (χ0v) is 16.2. The number of aromatic nitrogens is 2. The van der Waals surface area contributed by atoms with E-state index in [1.807, 2.05) is 31.2 Å². The van der Waals surface area contributed by atoms with Crippen molar-refractivity contribution < 1.29 is 13.2 Å². The van der Waals surface area contributed by atoms with Gasteiger partial charge in [-0.1, -0.05) is 18.2 Å². The lowest BCUT2D eigenvalue weighted by Crippen LogP contribution is -2.49. The van der Waals surface area contributed by atoms with E-state index in [0.29, 0.717) is 16.3 Å². The van der Waals surface area contributed by atoms with Crippen LogP contribution in [0.2, 0.25) is 0 Å². The van der Waals surface area contributed by atoms with Gasteiger partial charge in [0.1, 0.15) is 16.7 Å². The summed E-state index contributed by atoms with van der Waals surface area (Å²) in [7, 11) is -3.54. The van der Waals surface area contributed by atoms with Crippen LogP contribution in [-0.2, 0) is 10.0 Å². The number of fused-ring (bicyclic) bond motifs is 2. The summed E-state index contributed by atoms with van der Waals surface area (Å²) < 4.78 is 34.5. The van der Waals surface area contributed by atoms with Gasteiger partial charge in [0.15, 0.2) is 0 Å². The van der Waals surface area contributed by atoms with Gasteiger partial charge in [-0.2, -0.15) is 9.40 Å². The summed E-state index contributed by atoms with van der Waals surface area (Å²) in [6, 6.07) is 7.99. The van der Waals surface area contributed by atoms with Gasteiger partial charge < -0.3 is 4.74 Å². The van der Waals surface area contributed by atoms with Gasteiger partial charge in [-0.25, -0.2) is 8.42 Å². The molecule has 2 aliphatic heterocycles. The fourth-order valence-corrected chi connectivity index (χ4v) is 6.70. The average molecular weight is 375 g/mol. The second-order valence-corrected chi connectivity index (χ2v) is 9.24. The number of aromatic amines is 1. The van der Waals surface area contributed by atoms with E-state index in [4.69, 9.17) is 4.74 Å². The summed E-state index contributed by atoms with van der Waals surface area (Å²) in [5.74, 6) is 0.898. The Kier molecular flexibility index (Phi) is 4.31. The van der Waals surface area contributed by atoms with Gasteiger partial charge in [-0.3, -0.25) is 5.10 Å². The molecule has 0 radical (unpaired) electrons. The summed E-state index contributed by atoms with van der Waals surface area (Å²) in [6.07, 6.45) is 3.33. The highest BCUT2D eigenvalue weighted by atomic mass is 32.2. The Labute approximate surface area is 154 Å². The predicted molar refractivity (Wildman–Crippen MR) is 98.7 cm³/mol. The summed E-state index contributed by atoms with van der Waals surface area (Å²) in [6.45, 7) is 5.54. The predicted octanol–water partition coefficient (Wildman–Crippen LogP) is 3.10. The Morgan fingerprint density at radius 2 is 1.77 bits per heavy atom. The molecule has 2 fully saturated rings. The zero-order chi connectivity index (χ0) is 18.5. The molecule has 2 bridgehead atoms. The highest BCUT2D eigenvalue weighted by molar-refractivity contribution is 7.89.